The van der Waals surface area contributed by atoms with E-state index in [4.69, 9.17) is 4.74 Å². The maximum absolute atomic E-state index is 12.4. The Bertz CT molecular complexity index is 944. The van der Waals surface area contributed by atoms with Crippen molar-refractivity contribution in [3.8, 4) is 0 Å². The third-order valence-electron chi connectivity index (χ3n) is 14.4. The van der Waals surface area contributed by atoms with E-state index in [-0.39, 0.29) is 18.5 Å². The van der Waals surface area contributed by atoms with Crippen molar-refractivity contribution in [3.63, 3.8) is 0 Å². The highest BCUT2D eigenvalue weighted by Crippen LogP contribution is 2.18. The zero-order chi connectivity index (χ0) is 47.9. The lowest BCUT2D eigenvalue weighted by atomic mass is 10.0. The molecule has 0 rings (SSSR count). The molecule has 0 aromatic rings. The van der Waals surface area contributed by atoms with E-state index >= 15 is 0 Å². The average molecular weight is 935 g/mol. The fraction of sp³-hybridized carbons (Fsp3) is 0.967. The van der Waals surface area contributed by atoms with Gasteiger partial charge in [0.15, 0.2) is 0 Å². The van der Waals surface area contributed by atoms with Gasteiger partial charge in [-0.2, -0.15) is 0 Å². The zero-order valence-corrected chi connectivity index (χ0v) is 45.0. The quantitative estimate of drug-likeness (QED) is 0.0417. The van der Waals surface area contributed by atoms with E-state index < -0.39 is 12.1 Å². The van der Waals surface area contributed by atoms with Crippen molar-refractivity contribution in [1.29, 1.82) is 0 Å². The SMILES string of the molecule is CCCCCCCCCCCCCCCCCCCC(=O)OCCCCCCCCCCCCCCCCCCCCCCCC(=O)NC(CO)C(O)CCCCCCCCCCCCC. The van der Waals surface area contributed by atoms with Crippen molar-refractivity contribution in [2.45, 2.75) is 360 Å². The number of hydrogen-bond donors (Lipinski definition) is 3. The van der Waals surface area contributed by atoms with Crippen molar-refractivity contribution >= 4 is 11.9 Å². The molecule has 0 bridgehead atoms. The summed E-state index contributed by atoms with van der Waals surface area (Å²) < 4.78 is 5.50. The molecule has 1 amide bonds. The Hall–Kier alpha value is -1.14. The van der Waals surface area contributed by atoms with Crippen LogP contribution in [-0.4, -0.2) is 47.4 Å². The Morgan fingerprint density at radius 3 is 0.924 bits per heavy atom. The molecule has 0 fully saturated rings. The molecule has 394 valence electrons. The van der Waals surface area contributed by atoms with E-state index in [2.05, 4.69) is 19.2 Å². The van der Waals surface area contributed by atoms with Crippen LogP contribution in [0.5, 0.6) is 0 Å². The van der Waals surface area contributed by atoms with E-state index in [1.165, 1.54) is 276 Å². The predicted molar refractivity (Wildman–Crippen MR) is 287 cm³/mol. The summed E-state index contributed by atoms with van der Waals surface area (Å²) in [5.74, 6) is -0.0182. The maximum Gasteiger partial charge on any atom is 0.305 e. The van der Waals surface area contributed by atoms with Gasteiger partial charge in [0, 0.05) is 12.8 Å². The van der Waals surface area contributed by atoms with Crippen LogP contribution < -0.4 is 5.32 Å². The zero-order valence-electron chi connectivity index (χ0n) is 45.0. The number of rotatable bonds is 57. The molecule has 3 N–H and O–H groups in total. The summed E-state index contributed by atoms with van der Waals surface area (Å²) in [5.41, 5.74) is 0. The number of ether oxygens (including phenoxy) is 1. The van der Waals surface area contributed by atoms with Gasteiger partial charge < -0.3 is 20.3 Å². The molecular formula is C60H119NO5. The van der Waals surface area contributed by atoms with Gasteiger partial charge in [0.1, 0.15) is 0 Å². The van der Waals surface area contributed by atoms with Crippen LogP contribution in [0.2, 0.25) is 0 Å². The van der Waals surface area contributed by atoms with Crippen LogP contribution in [0.1, 0.15) is 348 Å². The highest BCUT2D eigenvalue weighted by molar-refractivity contribution is 5.76. The minimum Gasteiger partial charge on any atom is -0.466 e. The van der Waals surface area contributed by atoms with Gasteiger partial charge in [-0.25, -0.2) is 0 Å². The number of aliphatic hydroxyl groups is 2. The lowest BCUT2D eigenvalue weighted by Crippen LogP contribution is -2.45. The van der Waals surface area contributed by atoms with E-state index in [0.717, 1.165) is 38.5 Å². The molecule has 2 unspecified atom stereocenters. The van der Waals surface area contributed by atoms with Gasteiger partial charge in [0.2, 0.25) is 5.91 Å². The number of aliphatic hydroxyl groups excluding tert-OH is 2. The van der Waals surface area contributed by atoms with Crippen molar-refractivity contribution < 1.29 is 24.5 Å². The second kappa shape index (κ2) is 56.4. The minimum atomic E-state index is -0.662. The second-order valence-electron chi connectivity index (χ2n) is 21.1. The molecule has 0 aliphatic carbocycles. The second-order valence-corrected chi connectivity index (χ2v) is 21.1. The molecule has 6 nitrogen and oxygen atoms in total. The molecule has 0 aliphatic rings. The van der Waals surface area contributed by atoms with Crippen LogP contribution in [0, 0.1) is 0 Å². The summed E-state index contributed by atoms with van der Waals surface area (Å²) in [6, 6.07) is -0.539. The number of esters is 1. The molecule has 0 heterocycles. The van der Waals surface area contributed by atoms with Crippen LogP contribution in [0.25, 0.3) is 0 Å². The van der Waals surface area contributed by atoms with Crippen molar-refractivity contribution in [2.24, 2.45) is 0 Å². The molecule has 0 aromatic carbocycles. The van der Waals surface area contributed by atoms with Gasteiger partial charge in [-0.05, 0) is 25.7 Å². The van der Waals surface area contributed by atoms with E-state index in [1.807, 2.05) is 0 Å². The summed E-state index contributed by atoms with van der Waals surface area (Å²) in [4.78, 5) is 24.5. The molecule has 0 aromatic heterocycles. The third kappa shape index (κ3) is 52.2. The Morgan fingerprint density at radius 1 is 0.364 bits per heavy atom. The van der Waals surface area contributed by atoms with Gasteiger partial charge in [0.05, 0.1) is 25.4 Å². The van der Waals surface area contributed by atoms with E-state index in [9.17, 15) is 19.8 Å². The van der Waals surface area contributed by atoms with Gasteiger partial charge in [-0.15, -0.1) is 0 Å². The Morgan fingerprint density at radius 2 is 0.621 bits per heavy atom. The molecule has 0 saturated heterocycles. The van der Waals surface area contributed by atoms with Crippen molar-refractivity contribution in [2.75, 3.05) is 13.2 Å². The molecule has 0 aliphatic heterocycles. The summed E-state index contributed by atoms with van der Waals surface area (Å²) in [7, 11) is 0. The molecule has 2 atom stereocenters. The standard InChI is InChI=1S/C60H119NO5/c1-3-5-7-9-11-13-15-16-17-23-27-30-34-38-42-46-50-54-60(65)66-55-51-47-43-39-35-31-28-25-22-20-18-19-21-24-26-29-33-37-41-45-49-53-59(64)61-57(56-62)58(63)52-48-44-40-36-32-14-12-10-8-6-4-2/h57-58,62-63H,3-56H2,1-2H3,(H,61,64). The largest absolute Gasteiger partial charge is 0.466 e. The fourth-order valence-electron chi connectivity index (χ4n) is 9.76. The predicted octanol–water partition coefficient (Wildman–Crippen LogP) is 18.7. The average Bonchev–Trinajstić information content (AvgIpc) is 3.32. The topological polar surface area (TPSA) is 95.9 Å². The van der Waals surface area contributed by atoms with Crippen molar-refractivity contribution in [3.05, 3.63) is 0 Å². The first kappa shape index (κ1) is 64.9. The molecular weight excluding hydrogens is 815 g/mol. The number of carbonyl (C=O) groups excluding carboxylic acids is 2. The Kier molecular flexibility index (Phi) is 55.5. The number of carbonyl (C=O) groups is 2. The summed E-state index contributed by atoms with van der Waals surface area (Å²) >= 11 is 0. The first-order valence-corrected chi connectivity index (χ1v) is 30.3. The maximum atomic E-state index is 12.4. The summed E-state index contributed by atoms with van der Waals surface area (Å²) in [5, 5.41) is 23.2. The van der Waals surface area contributed by atoms with Crippen LogP contribution in [0.15, 0.2) is 0 Å². The molecule has 0 spiro atoms. The molecule has 0 radical (unpaired) electrons. The number of hydrogen-bond acceptors (Lipinski definition) is 5. The van der Waals surface area contributed by atoms with Gasteiger partial charge in [0.25, 0.3) is 0 Å². The van der Waals surface area contributed by atoms with E-state index in [0.29, 0.717) is 25.9 Å². The summed E-state index contributed by atoms with van der Waals surface area (Å²) in [6.07, 6.45) is 65.4. The van der Waals surface area contributed by atoms with Gasteiger partial charge >= 0.3 is 5.97 Å². The van der Waals surface area contributed by atoms with Crippen LogP contribution >= 0.6 is 0 Å². The highest BCUT2D eigenvalue weighted by Gasteiger charge is 2.20. The number of unbranched alkanes of at least 4 members (excludes halogenated alkanes) is 46. The molecule has 66 heavy (non-hydrogen) atoms. The summed E-state index contributed by atoms with van der Waals surface area (Å²) in [6.45, 7) is 4.97. The van der Waals surface area contributed by atoms with Crippen molar-refractivity contribution in [1.82, 2.24) is 5.32 Å². The molecule has 0 saturated carbocycles. The number of amides is 1. The van der Waals surface area contributed by atoms with Crippen LogP contribution in [0.3, 0.4) is 0 Å². The first-order valence-electron chi connectivity index (χ1n) is 30.3. The highest BCUT2D eigenvalue weighted by atomic mass is 16.5. The van der Waals surface area contributed by atoms with Gasteiger partial charge in [-0.1, -0.05) is 309 Å². The first-order chi connectivity index (χ1) is 32.5. The Balaban J connectivity index is 3.33. The minimum absolute atomic E-state index is 0.0168. The molecule has 6 heteroatoms. The van der Waals surface area contributed by atoms with Crippen LogP contribution in [-0.2, 0) is 14.3 Å². The smallest absolute Gasteiger partial charge is 0.305 e. The number of nitrogens with one attached hydrogen (secondary N) is 1. The Labute approximate surface area is 413 Å². The lowest BCUT2D eigenvalue weighted by Gasteiger charge is -2.22. The van der Waals surface area contributed by atoms with E-state index in [1.54, 1.807) is 0 Å². The normalized spacial score (nSPS) is 12.5. The monoisotopic (exact) mass is 934 g/mol. The van der Waals surface area contributed by atoms with Gasteiger partial charge in [-0.3, -0.25) is 9.59 Å². The fourth-order valence-corrected chi connectivity index (χ4v) is 9.76. The lowest BCUT2D eigenvalue weighted by molar-refractivity contribution is -0.143. The van der Waals surface area contributed by atoms with Crippen LogP contribution in [0.4, 0.5) is 0 Å². The third-order valence-corrected chi connectivity index (χ3v) is 14.4.